The molecule has 3 rings (SSSR count). The Morgan fingerprint density at radius 3 is 2.48 bits per heavy atom. The Hall–Kier alpha value is -2.44. The third-order valence-corrected chi connectivity index (χ3v) is 5.82. The quantitative estimate of drug-likeness (QED) is 0.679. The first-order valence-electron chi connectivity index (χ1n) is 8.04. The summed E-state index contributed by atoms with van der Waals surface area (Å²) in [5.41, 5.74) is 0.837. The maximum atomic E-state index is 13.1. The first kappa shape index (κ1) is 17.4. The Bertz CT molecular complexity index is 972. The summed E-state index contributed by atoms with van der Waals surface area (Å²) in [6.45, 7) is 2.69. The van der Waals surface area contributed by atoms with Gasteiger partial charge in [-0.1, -0.05) is 30.3 Å². The molecule has 0 fully saturated rings. The molecule has 25 heavy (non-hydrogen) atoms. The van der Waals surface area contributed by atoms with Gasteiger partial charge >= 0.3 is 0 Å². The van der Waals surface area contributed by atoms with Crippen molar-refractivity contribution in [3.05, 3.63) is 66.5 Å². The standard InChI is InChI=1S/C19H20N2O3S/c1-3-24-18-10-11-19(17-9-5-4-8-16(17)18)25(22,23)21(2)14-15-7-6-12-20-13-15/h4-13H,3,14H2,1-2H3. The van der Waals surface area contributed by atoms with E-state index >= 15 is 0 Å². The van der Waals surface area contributed by atoms with E-state index in [4.69, 9.17) is 4.74 Å². The highest BCUT2D eigenvalue weighted by Crippen LogP contribution is 2.32. The molecule has 0 aliphatic heterocycles. The molecule has 2 aromatic carbocycles. The number of ether oxygens (including phenoxy) is 1. The average Bonchev–Trinajstić information content (AvgIpc) is 2.63. The van der Waals surface area contributed by atoms with Crippen LogP contribution in [0.25, 0.3) is 10.8 Å². The molecule has 0 saturated carbocycles. The lowest BCUT2D eigenvalue weighted by Crippen LogP contribution is -2.26. The van der Waals surface area contributed by atoms with E-state index in [0.29, 0.717) is 17.7 Å². The Morgan fingerprint density at radius 1 is 1.04 bits per heavy atom. The van der Waals surface area contributed by atoms with Crippen LogP contribution in [-0.2, 0) is 16.6 Å². The van der Waals surface area contributed by atoms with E-state index in [9.17, 15) is 8.42 Å². The molecule has 130 valence electrons. The van der Waals surface area contributed by atoms with Gasteiger partial charge in [-0.25, -0.2) is 8.42 Å². The molecule has 0 spiro atoms. The van der Waals surface area contributed by atoms with Crippen molar-refractivity contribution in [2.75, 3.05) is 13.7 Å². The van der Waals surface area contributed by atoms with Crippen LogP contribution < -0.4 is 4.74 Å². The Balaban J connectivity index is 2.04. The highest BCUT2D eigenvalue weighted by Gasteiger charge is 2.24. The van der Waals surface area contributed by atoms with E-state index in [1.165, 1.54) is 4.31 Å². The van der Waals surface area contributed by atoms with Crippen molar-refractivity contribution in [2.45, 2.75) is 18.4 Å². The van der Waals surface area contributed by atoms with E-state index < -0.39 is 10.0 Å². The van der Waals surface area contributed by atoms with Crippen molar-refractivity contribution in [3.8, 4) is 5.75 Å². The monoisotopic (exact) mass is 356 g/mol. The van der Waals surface area contributed by atoms with E-state index in [2.05, 4.69) is 4.98 Å². The Labute approximate surface area is 147 Å². The highest BCUT2D eigenvalue weighted by molar-refractivity contribution is 7.89. The van der Waals surface area contributed by atoms with E-state index in [-0.39, 0.29) is 11.4 Å². The van der Waals surface area contributed by atoms with Crippen LogP contribution >= 0.6 is 0 Å². The van der Waals surface area contributed by atoms with Crippen LogP contribution in [0.2, 0.25) is 0 Å². The van der Waals surface area contributed by atoms with Crippen molar-refractivity contribution < 1.29 is 13.2 Å². The molecule has 0 unspecified atom stereocenters. The minimum Gasteiger partial charge on any atom is -0.493 e. The molecule has 1 heterocycles. The molecule has 0 aliphatic carbocycles. The normalized spacial score (nSPS) is 11.8. The molecule has 0 amide bonds. The van der Waals surface area contributed by atoms with Gasteiger partial charge in [0.05, 0.1) is 11.5 Å². The van der Waals surface area contributed by atoms with Crippen LogP contribution in [0.15, 0.2) is 65.8 Å². The molecule has 0 aliphatic rings. The molecule has 0 atom stereocenters. The number of benzene rings is 2. The third kappa shape index (κ3) is 3.50. The minimum absolute atomic E-state index is 0.262. The maximum Gasteiger partial charge on any atom is 0.243 e. The predicted octanol–water partition coefficient (Wildman–Crippen LogP) is 3.45. The van der Waals surface area contributed by atoms with Crippen molar-refractivity contribution in [1.29, 1.82) is 0 Å². The fraction of sp³-hybridized carbons (Fsp3) is 0.211. The number of fused-ring (bicyclic) bond motifs is 1. The van der Waals surface area contributed by atoms with E-state index in [1.54, 1.807) is 37.6 Å². The van der Waals surface area contributed by atoms with Gasteiger partial charge in [0.15, 0.2) is 0 Å². The van der Waals surface area contributed by atoms with Crippen LogP contribution in [0.4, 0.5) is 0 Å². The summed E-state index contributed by atoms with van der Waals surface area (Å²) in [6, 6.07) is 14.4. The summed E-state index contributed by atoms with van der Waals surface area (Å²) in [5.74, 6) is 0.687. The molecule has 0 saturated heterocycles. The number of rotatable bonds is 6. The molecule has 6 heteroatoms. The zero-order valence-corrected chi connectivity index (χ0v) is 15.0. The molecule has 5 nitrogen and oxygen atoms in total. The van der Waals surface area contributed by atoms with Crippen LogP contribution in [0.3, 0.4) is 0 Å². The topological polar surface area (TPSA) is 59.5 Å². The summed E-state index contributed by atoms with van der Waals surface area (Å²) >= 11 is 0. The number of aromatic nitrogens is 1. The van der Waals surface area contributed by atoms with Crippen LogP contribution in [0, 0.1) is 0 Å². The van der Waals surface area contributed by atoms with Gasteiger partial charge in [0, 0.05) is 36.8 Å². The molecule has 0 radical (unpaired) electrons. The molecule has 3 aromatic rings. The minimum atomic E-state index is -3.65. The maximum absolute atomic E-state index is 13.1. The SMILES string of the molecule is CCOc1ccc(S(=O)(=O)N(C)Cc2cccnc2)c2ccccc12. The fourth-order valence-corrected chi connectivity index (χ4v) is 4.10. The second-order valence-electron chi connectivity index (χ2n) is 5.66. The summed E-state index contributed by atoms with van der Waals surface area (Å²) in [7, 11) is -2.07. The lowest BCUT2D eigenvalue weighted by atomic mass is 10.1. The molecular weight excluding hydrogens is 336 g/mol. The van der Waals surface area contributed by atoms with Gasteiger partial charge in [0.1, 0.15) is 5.75 Å². The smallest absolute Gasteiger partial charge is 0.243 e. The van der Waals surface area contributed by atoms with Gasteiger partial charge in [-0.3, -0.25) is 4.98 Å². The summed E-state index contributed by atoms with van der Waals surface area (Å²) in [4.78, 5) is 4.31. The zero-order chi connectivity index (χ0) is 17.9. The van der Waals surface area contributed by atoms with Crippen LogP contribution in [-0.4, -0.2) is 31.4 Å². The van der Waals surface area contributed by atoms with Crippen molar-refractivity contribution >= 4 is 20.8 Å². The Morgan fingerprint density at radius 2 is 1.80 bits per heavy atom. The van der Waals surface area contributed by atoms with E-state index in [1.807, 2.05) is 37.3 Å². The molecule has 1 aromatic heterocycles. The fourth-order valence-electron chi connectivity index (χ4n) is 2.75. The lowest BCUT2D eigenvalue weighted by Gasteiger charge is -2.19. The van der Waals surface area contributed by atoms with Gasteiger partial charge in [-0.2, -0.15) is 4.31 Å². The zero-order valence-electron chi connectivity index (χ0n) is 14.2. The van der Waals surface area contributed by atoms with Gasteiger partial charge in [0.25, 0.3) is 0 Å². The molecular formula is C19H20N2O3S. The van der Waals surface area contributed by atoms with Gasteiger partial charge in [-0.15, -0.1) is 0 Å². The van der Waals surface area contributed by atoms with Crippen LogP contribution in [0.5, 0.6) is 5.75 Å². The van der Waals surface area contributed by atoms with E-state index in [0.717, 1.165) is 10.9 Å². The second-order valence-corrected chi connectivity index (χ2v) is 7.68. The number of hydrogen-bond donors (Lipinski definition) is 0. The predicted molar refractivity (Wildman–Crippen MR) is 98.0 cm³/mol. The summed E-state index contributed by atoms with van der Waals surface area (Å²) < 4.78 is 33.1. The molecule has 0 N–H and O–H groups in total. The first-order chi connectivity index (χ1) is 12.0. The number of sulfonamides is 1. The van der Waals surface area contributed by atoms with Crippen LogP contribution in [0.1, 0.15) is 12.5 Å². The second kappa shape index (κ2) is 7.21. The van der Waals surface area contributed by atoms with Crippen molar-refractivity contribution in [3.63, 3.8) is 0 Å². The van der Waals surface area contributed by atoms with Gasteiger partial charge in [-0.05, 0) is 30.7 Å². The number of nitrogens with zero attached hydrogens (tertiary/aromatic N) is 2. The van der Waals surface area contributed by atoms with Gasteiger partial charge in [0.2, 0.25) is 10.0 Å². The van der Waals surface area contributed by atoms with Gasteiger partial charge < -0.3 is 4.74 Å². The average molecular weight is 356 g/mol. The summed E-state index contributed by atoms with van der Waals surface area (Å²) in [6.07, 6.45) is 3.33. The molecule has 0 bridgehead atoms. The number of hydrogen-bond acceptors (Lipinski definition) is 4. The lowest BCUT2D eigenvalue weighted by molar-refractivity contribution is 0.344. The number of pyridine rings is 1. The highest BCUT2D eigenvalue weighted by atomic mass is 32.2. The van der Waals surface area contributed by atoms with Crippen molar-refractivity contribution in [2.24, 2.45) is 0 Å². The first-order valence-corrected chi connectivity index (χ1v) is 9.48. The Kier molecular flexibility index (Phi) is 5.01. The largest absolute Gasteiger partial charge is 0.493 e. The van der Waals surface area contributed by atoms with Crippen molar-refractivity contribution in [1.82, 2.24) is 9.29 Å². The summed E-state index contributed by atoms with van der Waals surface area (Å²) in [5, 5.41) is 1.45. The third-order valence-electron chi connectivity index (χ3n) is 3.96.